The van der Waals surface area contributed by atoms with Gasteiger partial charge in [0, 0.05) is 35.4 Å². The molecular formula is C13H18BrNO2. The van der Waals surface area contributed by atoms with E-state index in [4.69, 9.17) is 4.74 Å². The maximum Gasteiger partial charge on any atom is 0.0702 e. The second kappa shape index (κ2) is 5.85. The highest BCUT2D eigenvalue weighted by molar-refractivity contribution is 9.10. The number of hydrogen-bond acceptors (Lipinski definition) is 3. The average molecular weight is 300 g/mol. The van der Waals surface area contributed by atoms with Crippen LogP contribution in [0.2, 0.25) is 0 Å². The normalized spacial score (nSPS) is 15.0. The zero-order chi connectivity index (χ0) is 12.3. The van der Waals surface area contributed by atoms with E-state index in [1.807, 2.05) is 12.1 Å². The van der Waals surface area contributed by atoms with E-state index in [2.05, 4.69) is 26.9 Å². The Balaban J connectivity index is 2.21. The number of hydrogen-bond donors (Lipinski definition) is 1. The van der Waals surface area contributed by atoms with Crippen LogP contribution < -0.4 is 4.90 Å². The van der Waals surface area contributed by atoms with Crippen LogP contribution in [-0.4, -0.2) is 31.4 Å². The van der Waals surface area contributed by atoms with E-state index < -0.39 is 0 Å². The minimum absolute atomic E-state index is 0.0744. The van der Waals surface area contributed by atoms with Crippen LogP contribution in [0.15, 0.2) is 22.7 Å². The quantitative estimate of drug-likeness (QED) is 0.876. The van der Waals surface area contributed by atoms with Gasteiger partial charge in [0.05, 0.1) is 13.2 Å². The van der Waals surface area contributed by atoms with Crippen molar-refractivity contribution in [2.24, 2.45) is 0 Å². The van der Waals surface area contributed by atoms with Gasteiger partial charge < -0.3 is 14.7 Å². The highest BCUT2D eigenvalue weighted by Crippen LogP contribution is 2.34. The van der Waals surface area contributed by atoms with Crippen molar-refractivity contribution in [1.29, 1.82) is 0 Å². The van der Waals surface area contributed by atoms with Crippen LogP contribution in [0.3, 0.4) is 0 Å². The van der Waals surface area contributed by atoms with Crippen molar-refractivity contribution >= 4 is 21.6 Å². The lowest BCUT2D eigenvalue weighted by Crippen LogP contribution is -2.30. The molecule has 1 fully saturated rings. The maximum atomic E-state index is 9.44. The average Bonchev–Trinajstić information content (AvgIpc) is 3.15. The summed E-state index contributed by atoms with van der Waals surface area (Å²) in [5.74, 6) is 0. The topological polar surface area (TPSA) is 32.7 Å². The molecule has 1 aliphatic rings. The van der Waals surface area contributed by atoms with Gasteiger partial charge in [-0.15, -0.1) is 0 Å². The molecule has 0 radical (unpaired) electrons. The summed E-state index contributed by atoms with van der Waals surface area (Å²) in [6.45, 7) is 1.68. The fourth-order valence-corrected chi connectivity index (χ4v) is 2.44. The van der Waals surface area contributed by atoms with Gasteiger partial charge in [0.1, 0.15) is 0 Å². The van der Waals surface area contributed by atoms with E-state index in [-0.39, 0.29) is 6.61 Å². The summed E-state index contributed by atoms with van der Waals surface area (Å²) in [7, 11) is 1.72. The molecule has 2 rings (SSSR count). The van der Waals surface area contributed by atoms with Crippen LogP contribution in [0.25, 0.3) is 0 Å². The summed E-state index contributed by atoms with van der Waals surface area (Å²) in [5, 5.41) is 9.44. The molecule has 17 heavy (non-hydrogen) atoms. The third kappa shape index (κ3) is 3.21. The second-order valence-corrected chi connectivity index (χ2v) is 5.26. The number of aliphatic hydroxyl groups excluding tert-OH is 1. The van der Waals surface area contributed by atoms with Gasteiger partial charge in [-0.2, -0.15) is 0 Å². The van der Waals surface area contributed by atoms with E-state index >= 15 is 0 Å². The highest BCUT2D eigenvalue weighted by atomic mass is 79.9. The molecule has 1 aromatic carbocycles. The lowest BCUT2D eigenvalue weighted by atomic mass is 10.1. The molecule has 0 atom stereocenters. The van der Waals surface area contributed by atoms with Crippen molar-refractivity contribution in [3.63, 3.8) is 0 Å². The van der Waals surface area contributed by atoms with Gasteiger partial charge in [-0.1, -0.05) is 15.9 Å². The zero-order valence-corrected chi connectivity index (χ0v) is 11.6. The highest BCUT2D eigenvalue weighted by Gasteiger charge is 2.30. The SMILES string of the molecule is COCCN(c1ccc(Br)cc1CO)C1CC1. The summed E-state index contributed by atoms with van der Waals surface area (Å²) in [6, 6.07) is 6.70. The molecule has 1 aromatic rings. The molecule has 0 amide bonds. The van der Waals surface area contributed by atoms with Gasteiger partial charge in [-0.25, -0.2) is 0 Å². The molecule has 0 aliphatic heterocycles. The minimum atomic E-state index is 0.0744. The summed E-state index contributed by atoms with van der Waals surface area (Å²) in [5.41, 5.74) is 2.11. The van der Waals surface area contributed by atoms with E-state index in [0.717, 1.165) is 28.9 Å². The number of rotatable bonds is 6. The minimum Gasteiger partial charge on any atom is -0.392 e. The van der Waals surface area contributed by atoms with Gasteiger partial charge in [-0.05, 0) is 31.0 Å². The molecule has 0 spiro atoms. The molecule has 0 unspecified atom stereocenters. The summed E-state index contributed by atoms with van der Waals surface area (Å²) < 4.78 is 6.16. The van der Waals surface area contributed by atoms with Gasteiger partial charge in [0.25, 0.3) is 0 Å². The number of methoxy groups -OCH3 is 1. The molecular weight excluding hydrogens is 282 g/mol. The predicted octanol–water partition coefficient (Wildman–Crippen LogP) is 2.56. The van der Waals surface area contributed by atoms with Gasteiger partial charge >= 0.3 is 0 Å². The molecule has 1 N–H and O–H groups in total. The largest absolute Gasteiger partial charge is 0.392 e. The number of halogens is 1. The molecule has 0 heterocycles. The Labute approximate surface area is 111 Å². The van der Waals surface area contributed by atoms with Crippen LogP contribution in [0.1, 0.15) is 18.4 Å². The second-order valence-electron chi connectivity index (χ2n) is 4.35. The summed E-state index contributed by atoms with van der Waals surface area (Å²) in [6.07, 6.45) is 2.48. The molecule has 1 aliphatic carbocycles. The molecule has 94 valence electrons. The Morgan fingerprint density at radius 1 is 1.47 bits per heavy atom. The Kier molecular flexibility index (Phi) is 4.42. The molecule has 4 heteroatoms. The van der Waals surface area contributed by atoms with Crippen molar-refractivity contribution in [3.05, 3.63) is 28.2 Å². The Morgan fingerprint density at radius 2 is 2.24 bits per heavy atom. The molecule has 0 saturated heterocycles. The van der Waals surface area contributed by atoms with Crippen molar-refractivity contribution in [3.8, 4) is 0 Å². The number of benzene rings is 1. The van der Waals surface area contributed by atoms with E-state index in [1.54, 1.807) is 7.11 Å². The Bertz CT molecular complexity index is 380. The number of ether oxygens (including phenoxy) is 1. The van der Waals surface area contributed by atoms with Crippen LogP contribution >= 0.6 is 15.9 Å². The standard InChI is InChI=1S/C13H18BrNO2/c1-17-7-6-15(12-3-4-12)13-5-2-11(14)8-10(13)9-16/h2,5,8,12,16H,3-4,6-7,9H2,1H3. The first-order valence-electron chi connectivity index (χ1n) is 5.91. The van der Waals surface area contributed by atoms with Crippen LogP contribution in [0.5, 0.6) is 0 Å². The van der Waals surface area contributed by atoms with Crippen molar-refractivity contribution < 1.29 is 9.84 Å². The van der Waals surface area contributed by atoms with E-state index in [1.165, 1.54) is 12.8 Å². The van der Waals surface area contributed by atoms with Gasteiger partial charge in [0.15, 0.2) is 0 Å². The fourth-order valence-electron chi connectivity index (χ4n) is 2.04. The molecule has 0 aromatic heterocycles. The molecule has 1 saturated carbocycles. The predicted molar refractivity (Wildman–Crippen MR) is 72.3 cm³/mol. The first-order chi connectivity index (χ1) is 8.26. The van der Waals surface area contributed by atoms with Gasteiger partial charge in [-0.3, -0.25) is 0 Å². The fraction of sp³-hybridized carbons (Fsp3) is 0.538. The maximum absolute atomic E-state index is 9.44. The van der Waals surface area contributed by atoms with Crippen molar-refractivity contribution in [2.45, 2.75) is 25.5 Å². The Morgan fingerprint density at radius 3 is 2.82 bits per heavy atom. The van der Waals surface area contributed by atoms with Gasteiger partial charge in [0.2, 0.25) is 0 Å². The van der Waals surface area contributed by atoms with Crippen molar-refractivity contribution in [1.82, 2.24) is 0 Å². The van der Waals surface area contributed by atoms with Crippen LogP contribution in [0.4, 0.5) is 5.69 Å². The summed E-state index contributed by atoms with van der Waals surface area (Å²) >= 11 is 3.44. The first kappa shape index (κ1) is 12.9. The molecule has 0 bridgehead atoms. The summed E-state index contributed by atoms with van der Waals surface area (Å²) in [4.78, 5) is 2.35. The number of nitrogens with zero attached hydrogens (tertiary/aromatic N) is 1. The van der Waals surface area contributed by atoms with Crippen LogP contribution in [0, 0.1) is 0 Å². The van der Waals surface area contributed by atoms with E-state index in [0.29, 0.717) is 6.04 Å². The lowest BCUT2D eigenvalue weighted by molar-refractivity contribution is 0.204. The number of aliphatic hydroxyl groups is 1. The van der Waals surface area contributed by atoms with E-state index in [9.17, 15) is 5.11 Å². The lowest BCUT2D eigenvalue weighted by Gasteiger charge is -2.26. The monoisotopic (exact) mass is 299 g/mol. The van der Waals surface area contributed by atoms with Crippen molar-refractivity contribution in [2.75, 3.05) is 25.2 Å². The number of anilines is 1. The third-order valence-electron chi connectivity index (χ3n) is 3.05. The Hall–Kier alpha value is -0.580. The molecule has 3 nitrogen and oxygen atoms in total. The third-order valence-corrected chi connectivity index (χ3v) is 3.54. The first-order valence-corrected chi connectivity index (χ1v) is 6.70. The smallest absolute Gasteiger partial charge is 0.0702 e. The van der Waals surface area contributed by atoms with Crippen LogP contribution in [-0.2, 0) is 11.3 Å². The zero-order valence-electron chi connectivity index (χ0n) is 10.0.